The molecule has 4 rings (SSSR count). The summed E-state index contributed by atoms with van der Waals surface area (Å²) in [6.07, 6.45) is 5.94. The van der Waals surface area contributed by atoms with Crippen LogP contribution in [0.1, 0.15) is 65.6 Å². The molecule has 0 aromatic carbocycles. The van der Waals surface area contributed by atoms with E-state index in [4.69, 9.17) is 4.52 Å². The van der Waals surface area contributed by atoms with E-state index in [1.54, 1.807) is 11.9 Å². The highest BCUT2D eigenvalue weighted by Crippen LogP contribution is 2.38. The molecule has 0 radical (unpaired) electrons. The van der Waals surface area contributed by atoms with Gasteiger partial charge in [-0.2, -0.15) is 10.1 Å². The first-order valence-electron chi connectivity index (χ1n) is 8.76. The lowest BCUT2D eigenvalue weighted by molar-refractivity contribution is 0.0788. The van der Waals surface area contributed by atoms with Crippen LogP contribution >= 0.6 is 0 Å². The molecule has 2 aromatic heterocycles. The molecule has 1 amide bonds. The van der Waals surface area contributed by atoms with Crippen LogP contribution in [-0.4, -0.2) is 44.7 Å². The van der Waals surface area contributed by atoms with E-state index in [2.05, 4.69) is 27.3 Å². The fourth-order valence-corrected chi connectivity index (χ4v) is 3.26. The molecule has 0 aliphatic heterocycles. The first-order valence-corrected chi connectivity index (χ1v) is 8.76. The molecule has 1 N–H and O–H groups in total. The molecule has 0 saturated heterocycles. The summed E-state index contributed by atoms with van der Waals surface area (Å²) >= 11 is 0. The van der Waals surface area contributed by atoms with E-state index >= 15 is 0 Å². The molecule has 7 nitrogen and oxygen atoms in total. The van der Waals surface area contributed by atoms with Crippen LogP contribution in [0.3, 0.4) is 0 Å². The summed E-state index contributed by atoms with van der Waals surface area (Å²) in [5, 5.41) is 11.3. The third-order valence-electron chi connectivity index (χ3n) is 5.02. The molecule has 1 saturated carbocycles. The molecule has 2 aliphatic carbocycles. The second kappa shape index (κ2) is 6.03. The molecular weight excluding hydrogens is 306 g/mol. The van der Waals surface area contributed by atoms with Gasteiger partial charge in [-0.15, -0.1) is 0 Å². The molecule has 1 atom stereocenters. The van der Waals surface area contributed by atoms with Gasteiger partial charge in [0.2, 0.25) is 5.89 Å². The van der Waals surface area contributed by atoms with E-state index in [0.717, 1.165) is 49.3 Å². The van der Waals surface area contributed by atoms with Crippen molar-refractivity contribution >= 4 is 5.91 Å². The van der Waals surface area contributed by atoms with Gasteiger partial charge in [0, 0.05) is 37.2 Å². The molecule has 0 unspecified atom stereocenters. The van der Waals surface area contributed by atoms with Crippen molar-refractivity contribution in [1.29, 1.82) is 0 Å². The van der Waals surface area contributed by atoms with Crippen molar-refractivity contribution in [2.45, 2.75) is 51.4 Å². The van der Waals surface area contributed by atoms with E-state index in [1.165, 1.54) is 0 Å². The Morgan fingerprint density at radius 2 is 2.21 bits per heavy atom. The first kappa shape index (κ1) is 15.4. The average molecular weight is 329 g/mol. The Balaban J connectivity index is 1.39. The SMILES string of the molecule is C[C@@H]1CCc2[nH]nc(C(=O)N(C)CCc3noc(C4CC4)n3)c2C1. The normalized spacial score (nSPS) is 20.0. The summed E-state index contributed by atoms with van der Waals surface area (Å²) < 4.78 is 5.26. The molecule has 2 aliphatic rings. The number of aromatic amines is 1. The number of nitrogens with zero attached hydrogens (tertiary/aromatic N) is 4. The molecule has 128 valence electrons. The quantitative estimate of drug-likeness (QED) is 0.907. The number of H-pyrrole nitrogens is 1. The van der Waals surface area contributed by atoms with Gasteiger partial charge in [-0.1, -0.05) is 12.1 Å². The topological polar surface area (TPSA) is 87.9 Å². The van der Waals surface area contributed by atoms with Gasteiger partial charge in [-0.3, -0.25) is 9.89 Å². The molecule has 24 heavy (non-hydrogen) atoms. The van der Waals surface area contributed by atoms with Crippen molar-refractivity contribution in [2.75, 3.05) is 13.6 Å². The van der Waals surface area contributed by atoms with Crippen LogP contribution in [-0.2, 0) is 19.3 Å². The number of nitrogens with one attached hydrogen (secondary N) is 1. The summed E-state index contributed by atoms with van der Waals surface area (Å²) in [6, 6.07) is 0. The Hall–Kier alpha value is -2.18. The second-order valence-electron chi connectivity index (χ2n) is 7.18. The Labute approximate surface area is 140 Å². The maximum atomic E-state index is 12.7. The first-order chi connectivity index (χ1) is 11.6. The van der Waals surface area contributed by atoms with Crippen LogP contribution in [0.25, 0.3) is 0 Å². The van der Waals surface area contributed by atoms with Gasteiger partial charge < -0.3 is 9.42 Å². The maximum absolute atomic E-state index is 12.7. The highest BCUT2D eigenvalue weighted by molar-refractivity contribution is 5.93. The van der Waals surface area contributed by atoms with Gasteiger partial charge in [0.25, 0.3) is 5.91 Å². The van der Waals surface area contributed by atoms with Crippen LogP contribution in [0.15, 0.2) is 4.52 Å². The van der Waals surface area contributed by atoms with Gasteiger partial charge in [-0.25, -0.2) is 0 Å². The van der Waals surface area contributed by atoms with Gasteiger partial charge in [0.05, 0.1) is 0 Å². The molecule has 1 fully saturated rings. The third-order valence-corrected chi connectivity index (χ3v) is 5.02. The van der Waals surface area contributed by atoms with E-state index in [1.807, 2.05) is 0 Å². The number of rotatable bonds is 5. The van der Waals surface area contributed by atoms with Gasteiger partial charge in [0.15, 0.2) is 11.5 Å². The van der Waals surface area contributed by atoms with Crippen molar-refractivity contribution in [3.63, 3.8) is 0 Å². The minimum absolute atomic E-state index is 0.0347. The lowest BCUT2D eigenvalue weighted by atomic mass is 9.87. The predicted molar refractivity (Wildman–Crippen MR) is 86.7 cm³/mol. The summed E-state index contributed by atoms with van der Waals surface area (Å²) in [5.74, 6) is 2.45. The minimum atomic E-state index is -0.0347. The average Bonchev–Trinajstić information content (AvgIpc) is 3.18. The van der Waals surface area contributed by atoms with Crippen molar-refractivity contribution in [3.05, 3.63) is 28.7 Å². The fourth-order valence-electron chi connectivity index (χ4n) is 3.26. The molecule has 2 aromatic rings. The molecule has 2 heterocycles. The fraction of sp³-hybridized carbons (Fsp3) is 0.647. The zero-order chi connectivity index (χ0) is 16.7. The van der Waals surface area contributed by atoms with E-state index < -0.39 is 0 Å². The number of amides is 1. The predicted octanol–water partition coefficient (Wildman–Crippen LogP) is 2.11. The van der Waals surface area contributed by atoms with Crippen molar-refractivity contribution in [3.8, 4) is 0 Å². The number of hydrogen-bond donors (Lipinski definition) is 1. The minimum Gasteiger partial charge on any atom is -0.340 e. The number of likely N-dealkylation sites (N-methyl/N-ethyl adjacent to an activating group) is 1. The zero-order valence-corrected chi connectivity index (χ0v) is 14.2. The molecule has 0 bridgehead atoms. The van der Waals surface area contributed by atoms with Crippen molar-refractivity contribution < 1.29 is 9.32 Å². The lowest BCUT2D eigenvalue weighted by Crippen LogP contribution is -2.30. The highest BCUT2D eigenvalue weighted by atomic mass is 16.5. The van der Waals surface area contributed by atoms with E-state index in [0.29, 0.717) is 36.3 Å². The lowest BCUT2D eigenvalue weighted by Gasteiger charge is -2.20. The summed E-state index contributed by atoms with van der Waals surface area (Å²) in [7, 11) is 1.80. The number of carbonyl (C=O) groups excluding carboxylic acids is 1. The van der Waals surface area contributed by atoms with Gasteiger partial charge >= 0.3 is 0 Å². The largest absolute Gasteiger partial charge is 0.340 e. The van der Waals surface area contributed by atoms with E-state index in [9.17, 15) is 4.79 Å². The monoisotopic (exact) mass is 329 g/mol. The maximum Gasteiger partial charge on any atom is 0.274 e. The highest BCUT2D eigenvalue weighted by Gasteiger charge is 2.30. The standard InChI is InChI=1S/C17H23N5O2/c1-10-3-6-13-12(9-10)15(20-19-13)17(23)22(2)8-7-14-18-16(24-21-14)11-4-5-11/h10-11H,3-9H2,1-2H3,(H,19,20)/t10-/m1/s1. The summed E-state index contributed by atoms with van der Waals surface area (Å²) in [5.41, 5.74) is 2.80. The van der Waals surface area contributed by atoms with Crippen LogP contribution in [0, 0.1) is 5.92 Å². The van der Waals surface area contributed by atoms with Crippen LogP contribution < -0.4 is 0 Å². The Morgan fingerprint density at radius 1 is 1.38 bits per heavy atom. The van der Waals surface area contributed by atoms with Crippen LogP contribution in [0.2, 0.25) is 0 Å². The van der Waals surface area contributed by atoms with Gasteiger partial charge in [0.1, 0.15) is 0 Å². The zero-order valence-electron chi connectivity index (χ0n) is 14.2. The molecular formula is C17H23N5O2. The number of aryl methyl sites for hydroxylation is 1. The van der Waals surface area contributed by atoms with Gasteiger partial charge in [-0.05, 0) is 38.0 Å². The van der Waals surface area contributed by atoms with Crippen LogP contribution in [0.5, 0.6) is 0 Å². The Morgan fingerprint density at radius 3 is 3.00 bits per heavy atom. The molecule has 0 spiro atoms. The second-order valence-corrected chi connectivity index (χ2v) is 7.18. The number of fused-ring (bicyclic) bond motifs is 1. The number of aromatic nitrogens is 4. The Bertz CT molecular complexity index is 746. The van der Waals surface area contributed by atoms with Crippen molar-refractivity contribution in [1.82, 2.24) is 25.2 Å². The van der Waals surface area contributed by atoms with E-state index in [-0.39, 0.29) is 5.91 Å². The number of hydrogen-bond acceptors (Lipinski definition) is 5. The van der Waals surface area contributed by atoms with Crippen LogP contribution in [0.4, 0.5) is 0 Å². The van der Waals surface area contributed by atoms with Crippen molar-refractivity contribution in [2.24, 2.45) is 5.92 Å². The summed E-state index contributed by atoms with van der Waals surface area (Å²) in [6.45, 7) is 2.78. The summed E-state index contributed by atoms with van der Waals surface area (Å²) in [4.78, 5) is 18.8. The number of carbonyl (C=O) groups is 1. The Kier molecular flexibility index (Phi) is 3.86. The third kappa shape index (κ3) is 2.95. The smallest absolute Gasteiger partial charge is 0.274 e. The molecule has 7 heteroatoms.